The van der Waals surface area contributed by atoms with Crippen LogP contribution in [0.5, 0.6) is 0 Å². The third-order valence-electron chi connectivity index (χ3n) is 3.96. The second-order valence-electron chi connectivity index (χ2n) is 6.13. The molecule has 8 heteroatoms. The molecule has 0 radical (unpaired) electrons. The zero-order chi connectivity index (χ0) is 19.0. The van der Waals surface area contributed by atoms with Crippen molar-refractivity contribution < 1.29 is 14.7 Å². The van der Waals surface area contributed by atoms with Crippen molar-refractivity contribution in [2.24, 2.45) is 5.92 Å². The van der Waals surface area contributed by atoms with Gasteiger partial charge in [-0.05, 0) is 24.1 Å². The Morgan fingerprint density at radius 1 is 1.35 bits per heavy atom. The molecule has 1 fully saturated rings. The number of amides is 1. The number of fused-ring (bicyclic) bond motifs is 1. The summed E-state index contributed by atoms with van der Waals surface area (Å²) in [6.45, 7) is 3.49. The molecule has 2 aromatic rings. The van der Waals surface area contributed by atoms with E-state index in [0.29, 0.717) is 21.1 Å². The van der Waals surface area contributed by atoms with Crippen LogP contribution in [0, 0.1) is 5.92 Å². The molecule has 1 amide bonds. The minimum atomic E-state index is -1.08. The third kappa shape index (κ3) is 3.47. The van der Waals surface area contributed by atoms with Crippen LogP contribution in [-0.2, 0) is 9.59 Å². The van der Waals surface area contributed by atoms with Crippen molar-refractivity contribution in [2.75, 3.05) is 0 Å². The summed E-state index contributed by atoms with van der Waals surface area (Å²) in [4.78, 5) is 30.3. The maximum absolute atomic E-state index is 12.7. The number of halogens is 1. The predicted octanol–water partition coefficient (Wildman–Crippen LogP) is 4.20. The van der Waals surface area contributed by atoms with Crippen LogP contribution in [0.15, 0.2) is 35.2 Å². The average Bonchev–Trinajstić information content (AvgIpc) is 2.83. The first kappa shape index (κ1) is 18.8. The van der Waals surface area contributed by atoms with Crippen LogP contribution in [0.4, 0.5) is 0 Å². The van der Waals surface area contributed by atoms with Crippen LogP contribution in [0.2, 0.25) is 5.02 Å². The predicted molar refractivity (Wildman–Crippen MR) is 108 cm³/mol. The minimum absolute atomic E-state index is 0.237. The second-order valence-corrected chi connectivity index (χ2v) is 8.21. The first-order chi connectivity index (χ1) is 12.3. The van der Waals surface area contributed by atoms with Gasteiger partial charge in [0.15, 0.2) is 0 Å². The van der Waals surface area contributed by atoms with Crippen molar-refractivity contribution in [1.82, 2.24) is 9.88 Å². The zero-order valence-electron chi connectivity index (χ0n) is 14.0. The average molecular weight is 407 g/mol. The molecule has 0 aliphatic carbocycles. The van der Waals surface area contributed by atoms with E-state index in [1.54, 1.807) is 32.1 Å². The molecule has 1 aliphatic rings. The van der Waals surface area contributed by atoms with E-state index in [2.05, 4.69) is 4.98 Å². The number of nitrogens with zero attached hydrogens (tertiary/aromatic N) is 2. The Morgan fingerprint density at radius 3 is 2.73 bits per heavy atom. The van der Waals surface area contributed by atoms with Crippen molar-refractivity contribution in [3.05, 3.63) is 46.0 Å². The van der Waals surface area contributed by atoms with Crippen molar-refractivity contribution in [3.63, 3.8) is 0 Å². The summed E-state index contributed by atoms with van der Waals surface area (Å²) in [5.41, 5.74) is 1.20. The highest BCUT2D eigenvalue weighted by Crippen LogP contribution is 2.35. The van der Waals surface area contributed by atoms with Gasteiger partial charge in [-0.2, -0.15) is 0 Å². The van der Waals surface area contributed by atoms with Gasteiger partial charge < -0.3 is 5.11 Å². The molecule has 1 aromatic heterocycles. The number of thiocarbonyl (C=S) groups is 1. The maximum atomic E-state index is 12.7. The number of benzene rings is 1. The minimum Gasteiger partial charge on any atom is -0.480 e. The van der Waals surface area contributed by atoms with E-state index in [1.165, 1.54) is 4.90 Å². The monoisotopic (exact) mass is 406 g/mol. The first-order valence-electron chi connectivity index (χ1n) is 7.84. The summed E-state index contributed by atoms with van der Waals surface area (Å²) in [5.74, 6) is -1.76. The molecule has 1 atom stereocenters. The Bertz CT molecular complexity index is 959. The molecule has 1 N–H and O–H groups in total. The van der Waals surface area contributed by atoms with Crippen molar-refractivity contribution in [2.45, 2.75) is 19.9 Å². The van der Waals surface area contributed by atoms with E-state index in [0.717, 1.165) is 17.1 Å². The number of aromatic nitrogens is 1. The summed E-state index contributed by atoms with van der Waals surface area (Å²) < 4.78 is 0.237. The highest BCUT2D eigenvalue weighted by atomic mass is 35.5. The standard InChI is InChI=1S/C18H15ClN2O3S2/c1-9(2)15(17(23)24)21-16(22)13(26-18(21)25)8-11-7-6-10-4-3-5-12(19)14(10)20-11/h3-9,15H,1-2H3,(H,23,24)/b13-8-/t15-/m0/s1. The van der Waals surface area contributed by atoms with E-state index in [9.17, 15) is 14.7 Å². The first-order valence-corrected chi connectivity index (χ1v) is 9.45. The number of carbonyl (C=O) groups excluding carboxylic acids is 1. The van der Waals surface area contributed by atoms with Crippen molar-refractivity contribution in [1.29, 1.82) is 0 Å². The number of carboxylic acids is 1. The lowest BCUT2D eigenvalue weighted by molar-refractivity contribution is -0.146. The maximum Gasteiger partial charge on any atom is 0.327 e. The Morgan fingerprint density at radius 2 is 2.08 bits per heavy atom. The molecule has 2 heterocycles. The Balaban J connectivity index is 1.98. The van der Waals surface area contributed by atoms with Gasteiger partial charge in [-0.1, -0.05) is 67.6 Å². The lowest BCUT2D eigenvalue weighted by atomic mass is 10.0. The highest BCUT2D eigenvalue weighted by Gasteiger charge is 2.41. The fraction of sp³-hybridized carbons (Fsp3) is 0.222. The van der Waals surface area contributed by atoms with Gasteiger partial charge in [-0.3, -0.25) is 9.69 Å². The fourth-order valence-electron chi connectivity index (χ4n) is 2.75. The van der Waals surface area contributed by atoms with Crippen LogP contribution in [-0.4, -0.2) is 37.2 Å². The number of rotatable bonds is 4. The summed E-state index contributed by atoms with van der Waals surface area (Å²) in [7, 11) is 0. The van der Waals surface area contributed by atoms with E-state index >= 15 is 0 Å². The van der Waals surface area contributed by atoms with Gasteiger partial charge in [0.25, 0.3) is 5.91 Å². The van der Waals surface area contributed by atoms with Crippen molar-refractivity contribution >= 4 is 68.8 Å². The molecule has 1 aromatic carbocycles. The Hall–Kier alpha value is -1.96. The van der Waals surface area contributed by atoms with E-state index in [1.807, 2.05) is 18.2 Å². The normalized spacial score (nSPS) is 17.5. The Labute approximate surface area is 165 Å². The number of hydrogen-bond acceptors (Lipinski definition) is 5. The van der Waals surface area contributed by atoms with E-state index < -0.39 is 17.9 Å². The SMILES string of the molecule is CC(C)[C@@H](C(=O)O)N1C(=O)/C(=C/c2ccc3cccc(Cl)c3n2)SC1=S. The van der Waals surface area contributed by atoms with Crippen molar-refractivity contribution in [3.8, 4) is 0 Å². The van der Waals surface area contributed by atoms with Gasteiger partial charge >= 0.3 is 5.97 Å². The zero-order valence-corrected chi connectivity index (χ0v) is 16.4. The lowest BCUT2D eigenvalue weighted by Gasteiger charge is -2.26. The molecule has 0 bridgehead atoms. The molecule has 1 saturated heterocycles. The number of carboxylic acid groups (broad SMARTS) is 1. The summed E-state index contributed by atoms with van der Waals surface area (Å²) in [6, 6.07) is 8.15. The Kier molecular flexibility index (Phi) is 5.32. The number of thioether (sulfide) groups is 1. The topological polar surface area (TPSA) is 70.5 Å². The molecular weight excluding hydrogens is 392 g/mol. The molecular formula is C18H15ClN2O3S2. The number of para-hydroxylation sites is 1. The van der Waals surface area contributed by atoms with Gasteiger partial charge in [0.05, 0.1) is 21.1 Å². The number of hydrogen-bond donors (Lipinski definition) is 1. The number of aliphatic carboxylic acids is 1. The number of pyridine rings is 1. The van der Waals surface area contributed by atoms with Crippen LogP contribution in [0.25, 0.3) is 17.0 Å². The molecule has 0 saturated carbocycles. The van der Waals surface area contributed by atoms with Crippen LogP contribution >= 0.6 is 35.6 Å². The van der Waals surface area contributed by atoms with Crippen LogP contribution < -0.4 is 0 Å². The molecule has 1 aliphatic heterocycles. The van der Waals surface area contributed by atoms with Crippen LogP contribution in [0.3, 0.4) is 0 Å². The van der Waals surface area contributed by atoms with Gasteiger partial charge in [0.2, 0.25) is 0 Å². The summed E-state index contributed by atoms with van der Waals surface area (Å²) in [5, 5.41) is 10.9. The fourth-order valence-corrected chi connectivity index (χ4v) is 4.29. The molecule has 26 heavy (non-hydrogen) atoms. The molecule has 134 valence electrons. The summed E-state index contributed by atoms with van der Waals surface area (Å²) in [6.07, 6.45) is 1.61. The smallest absolute Gasteiger partial charge is 0.327 e. The molecule has 0 unspecified atom stereocenters. The lowest BCUT2D eigenvalue weighted by Crippen LogP contribution is -2.47. The largest absolute Gasteiger partial charge is 0.480 e. The molecule has 3 rings (SSSR count). The van der Waals surface area contributed by atoms with E-state index in [-0.39, 0.29) is 10.2 Å². The summed E-state index contributed by atoms with van der Waals surface area (Å²) >= 11 is 12.5. The second kappa shape index (κ2) is 7.34. The third-order valence-corrected chi connectivity index (χ3v) is 5.59. The molecule has 5 nitrogen and oxygen atoms in total. The van der Waals surface area contributed by atoms with Gasteiger partial charge in [-0.15, -0.1) is 0 Å². The molecule has 0 spiro atoms. The van der Waals surface area contributed by atoms with Crippen LogP contribution in [0.1, 0.15) is 19.5 Å². The number of carbonyl (C=O) groups is 2. The van der Waals surface area contributed by atoms with E-state index in [4.69, 9.17) is 23.8 Å². The van der Waals surface area contributed by atoms with Gasteiger partial charge in [0, 0.05) is 5.39 Å². The quantitative estimate of drug-likeness (QED) is 0.606. The van der Waals surface area contributed by atoms with Gasteiger partial charge in [0.1, 0.15) is 10.4 Å². The van der Waals surface area contributed by atoms with Gasteiger partial charge in [-0.25, -0.2) is 9.78 Å². The highest BCUT2D eigenvalue weighted by molar-refractivity contribution is 8.26.